The van der Waals surface area contributed by atoms with E-state index in [0.717, 1.165) is 36.2 Å². The van der Waals surface area contributed by atoms with Crippen molar-refractivity contribution < 1.29 is 4.79 Å². The normalized spacial score (nSPS) is 14.2. The van der Waals surface area contributed by atoms with Crippen LogP contribution < -0.4 is 5.32 Å². The molecule has 0 radical (unpaired) electrons. The molecule has 7 nitrogen and oxygen atoms in total. The molecule has 160 valence electrons. The molecule has 0 atom stereocenters. The van der Waals surface area contributed by atoms with Gasteiger partial charge in [-0.1, -0.05) is 30.2 Å². The molecule has 2 aromatic heterocycles. The molecule has 8 heteroatoms. The van der Waals surface area contributed by atoms with Gasteiger partial charge in [0.15, 0.2) is 5.65 Å². The van der Waals surface area contributed by atoms with E-state index in [1.165, 1.54) is 12.3 Å². The first kappa shape index (κ1) is 20.7. The lowest BCUT2D eigenvalue weighted by Gasteiger charge is -2.40. The van der Waals surface area contributed by atoms with Gasteiger partial charge >= 0.3 is 0 Å². The lowest BCUT2D eigenvalue weighted by molar-refractivity contribution is 0.102. The molecule has 0 bridgehead atoms. The molecule has 0 unspecified atom stereocenters. The summed E-state index contributed by atoms with van der Waals surface area (Å²) >= 11 is 6.57. The van der Waals surface area contributed by atoms with Crippen LogP contribution in [0.25, 0.3) is 11.2 Å². The second-order valence-electron chi connectivity index (χ2n) is 8.07. The van der Waals surface area contributed by atoms with Gasteiger partial charge in [-0.05, 0) is 54.8 Å². The Morgan fingerprint density at radius 1 is 1.09 bits per heavy atom. The highest BCUT2D eigenvalue weighted by molar-refractivity contribution is 6.34. The maximum absolute atomic E-state index is 12.6. The fraction of sp³-hybridized carbons (Fsp3) is 0.160. The number of carbonyl (C=O) groups is 1. The van der Waals surface area contributed by atoms with Gasteiger partial charge in [0.2, 0.25) is 0 Å². The summed E-state index contributed by atoms with van der Waals surface area (Å²) in [6.07, 6.45) is 4.38. The topological polar surface area (TPSA) is 118 Å². The molecule has 0 spiro atoms. The average Bonchev–Trinajstić information content (AvgIpc) is 3.23. The third-order valence-electron chi connectivity index (χ3n) is 6.15. The van der Waals surface area contributed by atoms with Crippen molar-refractivity contribution in [3.05, 3.63) is 87.8 Å². The van der Waals surface area contributed by atoms with Gasteiger partial charge in [0.25, 0.3) is 5.91 Å². The number of aromatic amines is 1. The summed E-state index contributed by atoms with van der Waals surface area (Å²) in [5.74, 6) is 0.462. The lowest BCUT2D eigenvalue weighted by Crippen LogP contribution is -2.36. The van der Waals surface area contributed by atoms with E-state index in [-0.39, 0.29) is 11.3 Å². The van der Waals surface area contributed by atoms with Crippen molar-refractivity contribution in [3.8, 4) is 12.1 Å². The van der Waals surface area contributed by atoms with Crippen molar-refractivity contribution in [1.29, 1.82) is 10.5 Å². The number of nitriles is 2. The average molecular weight is 453 g/mol. The third kappa shape index (κ3) is 3.59. The Kier molecular flexibility index (Phi) is 5.05. The molecule has 2 N–H and O–H groups in total. The van der Waals surface area contributed by atoms with Gasteiger partial charge in [0.05, 0.1) is 38.8 Å². The van der Waals surface area contributed by atoms with Crippen LogP contribution in [0, 0.1) is 22.7 Å². The third-order valence-corrected chi connectivity index (χ3v) is 6.46. The highest BCUT2D eigenvalue weighted by Crippen LogP contribution is 2.49. The van der Waals surface area contributed by atoms with Crippen LogP contribution in [0.1, 0.15) is 52.1 Å². The van der Waals surface area contributed by atoms with E-state index in [1.54, 1.807) is 30.3 Å². The zero-order valence-electron chi connectivity index (χ0n) is 17.4. The van der Waals surface area contributed by atoms with Gasteiger partial charge in [0.1, 0.15) is 11.9 Å². The molecule has 1 aliphatic rings. The number of fused-ring (bicyclic) bond motifs is 1. The predicted molar refractivity (Wildman–Crippen MR) is 124 cm³/mol. The molecule has 0 saturated heterocycles. The summed E-state index contributed by atoms with van der Waals surface area (Å²) in [5, 5.41) is 21.4. The standard InChI is InChI=1S/C25H17ClN6O/c26-19-11-18(5-6-20(19)30-23(33)17-4-1-3-15(9-17)12-27)25(7-2-8-25)24-31-21-10-16(13-28)14-29-22(21)32-24/h1,3-6,9-11,14H,2,7-8H2,(H,30,33)(H,29,31,32). The number of aromatic nitrogens is 3. The van der Waals surface area contributed by atoms with E-state index < -0.39 is 0 Å². The molecule has 4 aromatic rings. The molecule has 5 rings (SSSR count). The number of nitrogens with zero attached hydrogens (tertiary/aromatic N) is 4. The van der Waals surface area contributed by atoms with Gasteiger partial charge in [-0.2, -0.15) is 10.5 Å². The highest BCUT2D eigenvalue weighted by atomic mass is 35.5. The first-order valence-electron chi connectivity index (χ1n) is 10.4. The first-order chi connectivity index (χ1) is 16.0. The minimum Gasteiger partial charge on any atom is -0.340 e. The number of halogens is 1. The van der Waals surface area contributed by atoms with Gasteiger partial charge in [0, 0.05) is 11.8 Å². The Balaban J connectivity index is 1.45. The minimum absolute atomic E-state index is 0.319. The number of hydrogen-bond acceptors (Lipinski definition) is 5. The van der Waals surface area contributed by atoms with Gasteiger partial charge in [-0.3, -0.25) is 4.79 Å². The highest BCUT2D eigenvalue weighted by Gasteiger charge is 2.43. The molecule has 1 aliphatic carbocycles. The van der Waals surface area contributed by atoms with Crippen LogP contribution in [0.15, 0.2) is 54.7 Å². The largest absolute Gasteiger partial charge is 0.340 e. The van der Waals surface area contributed by atoms with Crippen LogP contribution in [0.3, 0.4) is 0 Å². The van der Waals surface area contributed by atoms with E-state index in [0.29, 0.717) is 33.0 Å². The van der Waals surface area contributed by atoms with Crippen LogP contribution in [0.4, 0.5) is 5.69 Å². The quantitative estimate of drug-likeness (QED) is 0.447. The summed E-state index contributed by atoms with van der Waals surface area (Å²) < 4.78 is 0. The zero-order chi connectivity index (χ0) is 23.0. The second kappa shape index (κ2) is 8.05. The molecule has 1 saturated carbocycles. The zero-order valence-corrected chi connectivity index (χ0v) is 18.1. The maximum atomic E-state index is 12.6. The molecule has 2 heterocycles. The number of amides is 1. The molecule has 2 aromatic carbocycles. The number of nitrogens with one attached hydrogen (secondary N) is 2. The van der Waals surface area contributed by atoms with E-state index in [9.17, 15) is 4.79 Å². The molecule has 33 heavy (non-hydrogen) atoms. The van der Waals surface area contributed by atoms with Crippen molar-refractivity contribution in [2.75, 3.05) is 5.32 Å². The Morgan fingerprint density at radius 3 is 2.61 bits per heavy atom. The van der Waals surface area contributed by atoms with Crippen LogP contribution >= 0.6 is 11.6 Å². The fourth-order valence-electron chi connectivity index (χ4n) is 4.22. The van der Waals surface area contributed by atoms with Crippen molar-refractivity contribution in [2.45, 2.75) is 24.7 Å². The lowest BCUT2D eigenvalue weighted by atomic mass is 9.64. The second-order valence-corrected chi connectivity index (χ2v) is 8.48. The minimum atomic E-state index is -0.336. The number of imidazole rings is 1. The molecule has 1 fully saturated rings. The van der Waals surface area contributed by atoms with Crippen molar-refractivity contribution in [1.82, 2.24) is 15.0 Å². The van der Waals surface area contributed by atoms with E-state index in [2.05, 4.69) is 21.4 Å². The Bertz CT molecular complexity index is 1490. The number of rotatable bonds is 4. The first-order valence-corrected chi connectivity index (χ1v) is 10.8. The molecule has 0 aliphatic heterocycles. The Labute approximate surface area is 194 Å². The number of benzene rings is 2. The Morgan fingerprint density at radius 2 is 1.91 bits per heavy atom. The summed E-state index contributed by atoms with van der Waals surface area (Å²) in [6, 6.07) is 18.0. The number of pyridine rings is 1. The van der Waals surface area contributed by atoms with E-state index in [1.807, 2.05) is 18.2 Å². The predicted octanol–water partition coefficient (Wildman–Crippen LogP) is 5.08. The van der Waals surface area contributed by atoms with Crippen molar-refractivity contribution >= 4 is 34.4 Å². The van der Waals surface area contributed by atoms with E-state index >= 15 is 0 Å². The fourth-order valence-corrected chi connectivity index (χ4v) is 4.45. The monoisotopic (exact) mass is 452 g/mol. The summed E-state index contributed by atoms with van der Waals surface area (Å²) in [5.41, 5.74) is 3.75. The van der Waals surface area contributed by atoms with Crippen LogP contribution in [-0.4, -0.2) is 20.9 Å². The SMILES string of the molecule is N#Cc1cccc(C(=O)Nc2ccc(C3(c4nc5ncc(C#N)cc5[nH]4)CCC3)cc2Cl)c1. The number of H-pyrrole nitrogens is 1. The van der Waals surface area contributed by atoms with Gasteiger partial charge in [-0.15, -0.1) is 0 Å². The number of carbonyl (C=O) groups excluding carboxylic acids is 1. The summed E-state index contributed by atoms with van der Waals surface area (Å²) in [7, 11) is 0. The number of anilines is 1. The molecule has 1 amide bonds. The van der Waals surface area contributed by atoms with Crippen LogP contribution in [0.5, 0.6) is 0 Å². The van der Waals surface area contributed by atoms with Gasteiger partial charge < -0.3 is 10.3 Å². The van der Waals surface area contributed by atoms with Crippen molar-refractivity contribution in [3.63, 3.8) is 0 Å². The van der Waals surface area contributed by atoms with Crippen LogP contribution in [-0.2, 0) is 5.41 Å². The smallest absolute Gasteiger partial charge is 0.255 e. The maximum Gasteiger partial charge on any atom is 0.255 e. The summed E-state index contributed by atoms with van der Waals surface area (Å²) in [4.78, 5) is 25.0. The van der Waals surface area contributed by atoms with Gasteiger partial charge in [-0.25, -0.2) is 9.97 Å². The molecular formula is C25H17ClN6O. The Hall–Kier alpha value is -4.20. The summed E-state index contributed by atoms with van der Waals surface area (Å²) in [6.45, 7) is 0. The van der Waals surface area contributed by atoms with E-state index in [4.69, 9.17) is 27.1 Å². The number of hydrogen-bond donors (Lipinski definition) is 2. The van der Waals surface area contributed by atoms with Crippen molar-refractivity contribution in [2.24, 2.45) is 0 Å². The van der Waals surface area contributed by atoms with Crippen LogP contribution in [0.2, 0.25) is 5.02 Å². The molecular weight excluding hydrogens is 436 g/mol.